The summed E-state index contributed by atoms with van der Waals surface area (Å²) in [5.41, 5.74) is 1.70. The molecule has 1 N–H and O–H groups in total. The van der Waals surface area contributed by atoms with Gasteiger partial charge in [-0.05, 0) is 47.9 Å². The maximum absolute atomic E-state index is 14.1. The van der Waals surface area contributed by atoms with E-state index in [4.69, 9.17) is 27.9 Å². The highest BCUT2D eigenvalue weighted by Gasteiger charge is 2.33. The molecule has 3 rings (SSSR count). The van der Waals surface area contributed by atoms with Crippen molar-refractivity contribution in [3.63, 3.8) is 0 Å². The first kappa shape index (κ1) is 31.3. The van der Waals surface area contributed by atoms with Crippen molar-refractivity contribution in [1.29, 1.82) is 0 Å². The SMILES string of the molecule is CCCNC(=O)C(Cc1ccccc1)N(Cc1ccc(Cl)cc1)C(=O)CN(c1cc(Cl)ccc1OC)S(C)(=O)=O. The van der Waals surface area contributed by atoms with Crippen molar-refractivity contribution in [2.75, 3.05) is 30.8 Å². The molecule has 0 radical (unpaired) electrons. The molecule has 2 amide bonds. The van der Waals surface area contributed by atoms with E-state index in [0.29, 0.717) is 18.0 Å². The van der Waals surface area contributed by atoms with E-state index >= 15 is 0 Å². The lowest BCUT2D eigenvalue weighted by Crippen LogP contribution is -2.53. The molecule has 8 nitrogen and oxygen atoms in total. The molecule has 3 aromatic rings. The van der Waals surface area contributed by atoms with E-state index in [0.717, 1.165) is 21.7 Å². The quantitative estimate of drug-likeness (QED) is 0.298. The molecule has 1 atom stereocenters. The van der Waals surface area contributed by atoms with Gasteiger partial charge in [-0.15, -0.1) is 0 Å². The number of rotatable bonds is 13. The van der Waals surface area contributed by atoms with Gasteiger partial charge in [-0.3, -0.25) is 13.9 Å². The van der Waals surface area contributed by atoms with Crippen molar-refractivity contribution in [2.45, 2.75) is 32.4 Å². The lowest BCUT2D eigenvalue weighted by Gasteiger charge is -2.33. The topological polar surface area (TPSA) is 96.0 Å². The number of amides is 2. The molecule has 0 heterocycles. The fourth-order valence-corrected chi connectivity index (χ4v) is 5.30. The number of methoxy groups -OCH3 is 1. The van der Waals surface area contributed by atoms with E-state index in [9.17, 15) is 18.0 Å². The Labute approximate surface area is 245 Å². The lowest BCUT2D eigenvalue weighted by molar-refractivity contribution is -0.140. The van der Waals surface area contributed by atoms with E-state index in [1.54, 1.807) is 30.3 Å². The maximum atomic E-state index is 14.1. The average Bonchev–Trinajstić information content (AvgIpc) is 2.93. The van der Waals surface area contributed by atoms with Crippen LogP contribution >= 0.6 is 23.2 Å². The zero-order chi connectivity index (χ0) is 29.3. The van der Waals surface area contributed by atoms with E-state index in [1.165, 1.54) is 24.1 Å². The Balaban J connectivity index is 2.08. The summed E-state index contributed by atoms with van der Waals surface area (Å²) in [6.07, 6.45) is 1.94. The van der Waals surface area contributed by atoms with Crippen molar-refractivity contribution >= 4 is 50.7 Å². The van der Waals surface area contributed by atoms with Crippen LogP contribution in [0.25, 0.3) is 0 Å². The van der Waals surface area contributed by atoms with Crippen molar-refractivity contribution in [2.24, 2.45) is 0 Å². The minimum absolute atomic E-state index is 0.0529. The average molecular weight is 607 g/mol. The molecule has 3 aromatic carbocycles. The van der Waals surface area contributed by atoms with Crippen LogP contribution in [-0.4, -0.2) is 57.6 Å². The first-order valence-corrected chi connectivity index (χ1v) is 15.3. The van der Waals surface area contributed by atoms with Crippen LogP contribution < -0.4 is 14.4 Å². The first-order chi connectivity index (χ1) is 19.0. The number of sulfonamides is 1. The Morgan fingerprint density at radius 1 is 0.950 bits per heavy atom. The van der Waals surface area contributed by atoms with Crippen LogP contribution in [0.15, 0.2) is 72.8 Å². The summed E-state index contributed by atoms with van der Waals surface area (Å²) in [5.74, 6) is -0.678. The summed E-state index contributed by atoms with van der Waals surface area (Å²) in [6.45, 7) is 1.85. The van der Waals surface area contributed by atoms with E-state index in [-0.39, 0.29) is 35.3 Å². The summed E-state index contributed by atoms with van der Waals surface area (Å²) >= 11 is 12.3. The maximum Gasteiger partial charge on any atom is 0.244 e. The fourth-order valence-electron chi connectivity index (χ4n) is 4.16. The predicted molar refractivity (Wildman–Crippen MR) is 159 cm³/mol. The highest BCUT2D eigenvalue weighted by Crippen LogP contribution is 2.33. The Morgan fingerprint density at radius 3 is 2.20 bits per heavy atom. The third kappa shape index (κ3) is 8.61. The molecule has 1 unspecified atom stereocenters. The molecule has 40 heavy (non-hydrogen) atoms. The van der Waals surface area contributed by atoms with Gasteiger partial charge in [0.05, 0.1) is 19.1 Å². The van der Waals surface area contributed by atoms with Crippen LogP contribution in [0.4, 0.5) is 5.69 Å². The lowest BCUT2D eigenvalue weighted by atomic mass is 10.0. The van der Waals surface area contributed by atoms with Gasteiger partial charge in [0.25, 0.3) is 0 Å². The smallest absolute Gasteiger partial charge is 0.244 e. The predicted octanol–water partition coefficient (Wildman–Crippen LogP) is 4.93. The summed E-state index contributed by atoms with van der Waals surface area (Å²) in [6, 6.07) is 19.9. The second-order valence-corrected chi connectivity index (χ2v) is 12.0. The largest absolute Gasteiger partial charge is 0.495 e. The number of carbonyl (C=O) groups is 2. The van der Waals surface area contributed by atoms with Crippen LogP contribution in [0.1, 0.15) is 24.5 Å². The standard InChI is InChI=1S/C29H33Cl2N3O5S/c1-4-16-32-29(36)26(17-21-8-6-5-7-9-21)33(19-22-10-12-23(30)13-11-22)28(35)20-34(40(3,37)38)25-18-24(31)14-15-27(25)39-2/h5-15,18,26H,4,16-17,19-20H2,1-3H3,(H,32,36). The van der Waals surface area contributed by atoms with Gasteiger partial charge in [-0.1, -0.05) is 72.6 Å². The second-order valence-electron chi connectivity index (χ2n) is 9.23. The molecular formula is C29H33Cl2N3O5S. The number of nitrogens with zero attached hydrogens (tertiary/aromatic N) is 2. The van der Waals surface area contributed by atoms with Gasteiger partial charge in [0, 0.05) is 29.6 Å². The minimum Gasteiger partial charge on any atom is -0.495 e. The van der Waals surface area contributed by atoms with Gasteiger partial charge >= 0.3 is 0 Å². The Bertz CT molecular complexity index is 1400. The number of benzene rings is 3. The normalized spacial score (nSPS) is 11.9. The highest BCUT2D eigenvalue weighted by molar-refractivity contribution is 7.92. The number of hydrogen-bond acceptors (Lipinski definition) is 5. The Hall–Kier alpha value is -3.27. The third-order valence-electron chi connectivity index (χ3n) is 6.18. The monoisotopic (exact) mass is 605 g/mol. The van der Waals surface area contributed by atoms with Crippen LogP contribution in [0.2, 0.25) is 10.0 Å². The second kappa shape index (κ2) is 14.4. The summed E-state index contributed by atoms with van der Waals surface area (Å²) in [7, 11) is -2.57. The fraction of sp³-hybridized carbons (Fsp3) is 0.310. The van der Waals surface area contributed by atoms with Gasteiger partial charge in [-0.2, -0.15) is 0 Å². The molecule has 11 heteroatoms. The number of anilines is 1. The molecule has 0 fully saturated rings. The summed E-state index contributed by atoms with van der Waals surface area (Å²) in [5, 5.41) is 3.70. The van der Waals surface area contributed by atoms with Gasteiger partial charge in [0.1, 0.15) is 18.3 Å². The van der Waals surface area contributed by atoms with E-state index in [2.05, 4.69) is 5.32 Å². The Morgan fingerprint density at radius 2 is 1.60 bits per heavy atom. The molecule has 0 aliphatic carbocycles. The van der Waals surface area contributed by atoms with Crippen LogP contribution in [0, 0.1) is 0 Å². The van der Waals surface area contributed by atoms with Gasteiger partial charge in [-0.25, -0.2) is 8.42 Å². The van der Waals surface area contributed by atoms with Gasteiger partial charge in [0.2, 0.25) is 21.8 Å². The summed E-state index contributed by atoms with van der Waals surface area (Å²) in [4.78, 5) is 29.0. The Kier molecular flexibility index (Phi) is 11.2. The summed E-state index contributed by atoms with van der Waals surface area (Å²) < 4.78 is 32.2. The minimum atomic E-state index is -3.96. The highest BCUT2D eigenvalue weighted by atomic mass is 35.5. The molecular weight excluding hydrogens is 573 g/mol. The first-order valence-electron chi connectivity index (χ1n) is 12.7. The molecule has 0 bridgehead atoms. The van der Waals surface area contributed by atoms with Crippen LogP contribution in [0.5, 0.6) is 5.75 Å². The molecule has 0 saturated heterocycles. The number of halogens is 2. The van der Waals surface area contributed by atoms with Crippen LogP contribution in [-0.2, 0) is 32.6 Å². The van der Waals surface area contributed by atoms with E-state index in [1.807, 2.05) is 37.3 Å². The van der Waals surface area contributed by atoms with Crippen molar-refractivity contribution in [3.8, 4) is 5.75 Å². The molecule has 0 aromatic heterocycles. The van der Waals surface area contributed by atoms with Gasteiger partial charge < -0.3 is 15.0 Å². The molecule has 0 aliphatic rings. The van der Waals surface area contributed by atoms with Crippen molar-refractivity contribution in [1.82, 2.24) is 10.2 Å². The molecule has 0 saturated carbocycles. The number of carbonyl (C=O) groups excluding carboxylic acids is 2. The zero-order valence-corrected chi connectivity index (χ0v) is 25.0. The molecule has 214 valence electrons. The van der Waals surface area contributed by atoms with Gasteiger partial charge in [0.15, 0.2) is 0 Å². The third-order valence-corrected chi connectivity index (χ3v) is 7.79. The number of ether oxygens (including phenoxy) is 1. The zero-order valence-electron chi connectivity index (χ0n) is 22.6. The van der Waals surface area contributed by atoms with Crippen molar-refractivity contribution < 1.29 is 22.7 Å². The van der Waals surface area contributed by atoms with Crippen LogP contribution in [0.3, 0.4) is 0 Å². The molecule has 0 spiro atoms. The number of hydrogen-bond donors (Lipinski definition) is 1. The molecule has 0 aliphatic heterocycles. The van der Waals surface area contributed by atoms with Crippen molar-refractivity contribution in [3.05, 3.63) is 94.0 Å². The number of nitrogens with one attached hydrogen (secondary N) is 1. The van der Waals surface area contributed by atoms with E-state index < -0.39 is 28.5 Å².